The molecule has 1 aromatic heterocycles. The maximum atomic E-state index is 13.5. The zero-order valence-electron chi connectivity index (χ0n) is 11.1. The molecule has 1 heterocycles. The Hall–Kier alpha value is -2.50. The van der Waals surface area contributed by atoms with E-state index in [2.05, 4.69) is 9.72 Å². The smallest absolute Gasteiger partial charge is 0.325 e. The van der Waals surface area contributed by atoms with E-state index in [0.29, 0.717) is 5.39 Å². The monoisotopic (exact) mass is 276 g/mol. The van der Waals surface area contributed by atoms with E-state index in [4.69, 9.17) is 0 Å². The lowest BCUT2D eigenvalue weighted by Crippen LogP contribution is -2.32. The molecule has 0 saturated heterocycles. The molecular formula is C14H13FN2O3. The summed E-state index contributed by atoms with van der Waals surface area (Å²) in [6.45, 7) is -0.156. The maximum Gasteiger partial charge on any atom is 0.325 e. The number of carbonyl (C=O) groups excluding carboxylic acids is 2. The van der Waals surface area contributed by atoms with Gasteiger partial charge in [-0.2, -0.15) is 0 Å². The predicted molar refractivity (Wildman–Crippen MR) is 70.7 cm³/mol. The fourth-order valence-electron chi connectivity index (χ4n) is 1.79. The average Bonchev–Trinajstić information content (AvgIpc) is 2.46. The van der Waals surface area contributed by atoms with Gasteiger partial charge in [-0.25, -0.2) is 4.39 Å². The van der Waals surface area contributed by atoms with Crippen LogP contribution in [0.25, 0.3) is 10.9 Å². The Morgan fingerprint density at radius 1 is 1.40 bits per heavy atom. The minimum atomic E-state index is -0.513. The molecule has 0 unspecified atom stereocenters. The Bertz CT molecular complexity index is 673. The fourth-order valence-corrected chi connectivity index (χ4v) is 1.79. The molecule has 1 aromatic carbocycles. The fraction of sp³-hybridized carbons (Fsp3) is 0.214. The SMILES string of the molecule is COC(=O)CN(C)C(=O)c1cnc2c(F)cccc2c1. The highest BCUT2D eigenvalue weighted by Crippen LogP contribution is 2.17. The number of halogens is 1. The number of nitrogens with zero attached hydrogens (tertiary/aromatic N) is 2. The lowest BCUT2D eigenvalue weighted by molar-refractivity contribution is -0.141. The van der Waals surface area contributed by atoms with Crippen molar-refractivity contribution in [2.75, 3.05) is 20.7 Å². The molecular weight excluding hydrogens is 263 g/mol. The molecule has 2 aromatic rings. The van der Waals surface area contributed by atoms with Crippen molar-refractivity contribution >= 4 is 22.8 Å². The minimum Gasteiger partial charge on any atom is -0.468 e. The van der Waals surface area contributed by atoms with Crippen molar-refractivity contribution in [2.45, 2.75) is 0 Å². The first kappa shape index (κ1) is 13.9. The third-order valence-electron chi connectivity index (χ3n) is 2.85. The molecule has 20 heavy (non-hydrogen) atoms. The molecule has 104 valence electrons. The number of aromatic nitrogens is 1. The normalized spacial score (nSPS) is 10.3. The van der Waals surface area contributed by atoms with Crippen LogP contribution in [0.5, 0.6) is 0 Å². The van der Waals surface area contributed by atoms with Gasteiger partial charge in [0.1, 0.15) is 17.9 Å². The number of benzene rings is 1. The Labute approximate surface area is 115 Å². The van der Waals surface area contributed by atoms with Crippen molar-refractivity contribution in [3.63, 3.8) is 0 Å². The highest BCUT2D eigenvalue weighted by Gasteiger charge is 2.16. The van der Waals surface area contributed by atoms with E-state index in [0.717, 1.165) is 0 Å². The molecule has 5 nitrogen and oxygen atoms in total. The number of hydrogen-bond acceptors (Lipinski definition) is 4. The second-order valence-corrected chi connectivity index (χ2v) is 4.27. The van der Waals surface area contributed by atoms with Crippen LogP contribution in [0, 0.1) is 5.82 Å². The third kappa shape index (κ3) is 2.74. The molecule has 0 radical (unpaired) electrons. The van der Waals surface area contributed by atoms with Gasteiger partial charge in [0.25, 0.3) is 5.91 Å². The molecule has 0 atom stereocenters. The number of carbonyl (C=O) groups is 2. The van der Waals surface area contributed by atoms with E-state index in [-0.39, 0.29) is 23.5 Å². The third-order valence-corrected chi connectivity index (χ3v) is 2.85. The molecule has 0 aliphatic rings. The van der Waals surface area contributed by atoms with E-state index < -0.39 is 11.8 Å². The summed E-state index contributed by atoms with van der Waals surface area (Å²) >= 11 is 0. The van der Waals surface area contributed by atoms with Crippen LogP contribution in [0.3, 0.4) is 0 Å². The van der Waals surface area contributed by atoms with Gasteiger partial charge < -0.3 is 9.64 Å². The van der Waals surface area contributed by atoms with E-state index in [1.54, 1.807) is 18.2 Å². The van der Waals surface area contributed by atoms with E-state index in [9.17, 15) is 14.0 Å². The summed E-state index contributed by atoms with van der Waals surface area (Å²) in [6, 6.07) is 6.07. The van der Waals surface area contributed by atoms with Crippen LogP contribution in [0.15, 0.2) is 30.5 Å². The Kier molecular flexibility index (Phi) is 3.93. The van der Waals surface area contributed by atoms with Crippen LogP contribution in [0.1, 0.15) is 10.4 Å². The number of methoxy groups -OCH3 is 1. The van der Waals surface area contributed by atoms with Gasteiger partial charge in [0.2, 0.25) is 0 Å². The van der Waals surface area contributed by atoms with Gasteiger partial charge >= 0.3 is 5.97 Å². The van der Waals surface area contributed by atoms with Crippen molar-refractivity contribution in [2.24, 2.45) is 0 Å². The summed E-state index contributed by atoms with van der Waals surface area (Å²) in [5.41, 5.74) is 0.495. The second kappa shape index (κ2) is 5.64. The van der Waals surface area contributed by atoms with Crippen LogP contribution in [0.4, 0.5) is 4.39 Å². The summed E-state index contributed by atoms with van der Waals surface area (Å²) in [4.78, 5) is 28.4. The first-order valence-electron chi connectivity index (χ1n) is 5.89. The van der Waals surface area contributed by atoms with Crippen LogP contribution < -0.4 is 0 Å². The number of amides is 1. The van der Waals surface area contributed by atoms with Crippen molar-refractivity contribution < 1.29 is 18.7 Å². The highest BCUT2D eigenvalue weighted by atomic mass is 19.1. The van der Waals surface area contributed by atoms with Crippen molar-refractivity contribution in [1.29, 1.82) is 0 Å². The predicted octanol–water partition coefficient (Wildman–Crippen LogP) is 1.62. The standard InChI is InChI=1S/C14H13FN2O3/c1-17(8-12(18)20-2)14(19)10-6-9-4-3-5-11(15)13(9)16-7-10/h3-7H,8H2,1-2H3. The summed E-state index contributed by atoms with van der Waals surface area (Å²) in [6.07, 6.45) is 1.29. The summed E-state index contributed by atoms with van der Waals surface area (Å²) in [7, 11) is 2.73. The zero-order valence-corrected chi connectivity index (χ0v) is 11.1. The summed E-state index contributed by atoms with van der Waals surface area (Å²) in [5, 5.41) is 0.530. The maximum absolute atomic E-state index is 13.5. The summed E-state index contributed by atoms with van der Waals surface area (Å²) < 4.78 is 18.0. The number of likely N-dealkylation sites (N-methyl/N-ethyl adjacent to an activating group) is 1. The summed E-state index contributed by atoms with van der Waals surface area (Å²) in [5.74, 6) is -1.33. The number of pyridine rings is 1. The van der Waals surface area contributed by atoms with Crippen LogP contribution in [-0.2, 0) is 9.53 Å². The molecule has 0 aliphatic heterocycles. The number of fused-ring (bicyclic) bond motifs is 1. The molecule has 0 bridgehead atoms. The largest absolute Gasteiger partial charge is 0.468 e. The number of rotatable bonds is 3. The minimum absolute atomic E-state index is 0.156. The zero-order chi connectivity index (χ0) is 14.7. The molecule has 0 aliphatic carbocycles. The molecule has 1 amide bonds. The van der Waals surface area contributed by atoms with Gasteiger partial charge in [-0.3, -0.25) is 14.6 Å². The van der Waals surface area contributed by atoms with E-state index in [1.165, 1.54) is 31.3 Å². The Morgan fingerprint density at radius 2 is 2.15 bits per heavy atom. The number of ether oxygens (including phenoxy) is 1. The van der Waals surface area contributed by atoms with Crippen LogP contribution in [-0.4, -0.2) is 42.5 Å². The first-order chi connectivity index (χ1) is 9.52. The molecule has 0 saturated carbocycles. The Morgan fingerprint density at radius 3 is 2.85 bits per heavy atom. The van der Waals surface area contributed by atoms with Gasteiger partial charge in [-0.1, -0.05) is 12.1 Å². The Balaban J connectivity index is 2.29. The molecule has 0 N–H and O–H groups in total. The topological polar surface area (TPSA) is 59.5 Å². The number of para-hydroxylation sites is 1. The van der Waals surface area contributed by atoms with Gasteiger partial charge in [0.15, 0.2) is 0 Å². The number of hydrogen-bond donors (Lipinski definition) is 0. The van der Waals surface area contributed by atoms with Gasteiger partial charge in [0.05, 0.1) is 12.7 Å². The lowest BCUT2D eigenvalue weighted by atomic mass is 10.1. The quantitative estimate of drug-likeness (QED) is 0.799. The van der Waals surface area contributed by atoms with E-state index in [1.807, 2.05) is 0 Å². The molecule has 2 rings (SSSR count). The average molecular weight is 276 g/mol. The van der Waals surface area contributed by atoms with Crippen molar-refractivity contribution in [3.8, 4) is 0 Å². The van der Waals surface area contributed by atoms with Crippen molar-refractivity contribution in [3.05, 3.63) is 41.8 Å². The van der Waals surface area contributed by atoms with Crippen LogP contribution in [0.2, 0.25) is 0 Å². The molecule has 0 fully saturated rings. The second-order valence-electron chi connectivity index (χ2n) is 4.27. The lowest BCUT2D eigenvalue weighted by Gasteiger charge is -2.15. The first-order valence-corrected chi connectivity index (χ1v) is 5.89. The van der Waals surface area contributed by atoms with Gasteiger partial charge in [-0.05, 0) is 12.1 Å². The van der Waals surface area contributed by atoms with Crippen LogP contribution >= 0.6 is 0 Å². The van der Waals surface area contributed by atoms with E-state index >= 15 is 0 Å². The van der Waals surface area contributed by atoms with Crippen molar-refractivity contribution in [1.82, 2.24) is 9.88 Å². The molecule has 0 spiro atoms. The van der Waals surface area contributed by atoms with Gasteiger partial charge in [0, 0.05) is 18.6 Å². The highest BCUT2D eigenvalue weighted by molar-refractivity contribution is 5.98. The number of esters is 1. The molecule has 6 heteroatoms. The van der Waals surface area contributed by atoms with Gasteiger partial charge in [-0.15, -0.1) is 0 Å².